The average molecular weight is 336 g/mol. The topological polar surface area (TPSA) is 81.8 Å². The Balaban J connectivity index is 1.83. The Bertz CT molecular complexity index is 965. The molecule has 0 aliphatic carbocycles. The van der Waals surface area contributed by atoms with E-state index in [0.717, 1.165) is 10.6 Å². The lowest BCUT2D eigenvalue weighted by atomic mass is 10.3. The number of carbonyl (C=O) groups excluding carboxylic acids is 1. The van der Waals surface area contributed by atoms with Gasteiger partial charge in [-0.2, -0.15) is 5.10 Å². The molecule has 0 unspecified atom stereocenters. The van der Waals surface area contributed by atoms with E-state index in [-0.39, 0.29) is 22.8 Å². The number of nitrogens with zero attached hydrogens (tertiary/aromatic N) is 4. The number of rotatable bonds is 3. The van der Waals surface area contributed by atoms with Crippen LogP contribution in [0.3, 0.4) is 0 Å². The van der Waals surface area contributed by atoms with E-state index in [1.807, 2.05) is 0 Å². The number of anilines is 1. The van der Waals surface area contributed by atoms with Crippen LogP contribution in [0.4, 0.5) is 10.1 Å². The molecule has 23 heavy (non-hydrogen) atoms. The third kappa shape index (κ3) is 2.93. The Morgan fingerprint density at radius 2 is 2.22 bits per heavy atom. The Labute approximate surface area is 134 Å². The van der Waals surface area contributed by atoms with Gasteiger partial charge in [-0.15, -0.1) is 0 Å². The second-order valence-corrected chi connectivity index (χ2v) is 5.26. The maximum atomic E-state index is 13.0. The number of halogens is 2. The van der Waals surface area contributed by atoms with Crippen molar-refractivity contribution in [3.63, 3.8) is 0 Å². The predicted molar refractivity (Wildman–Crippen MR) is 82.8 cm³/mol. The molecular weight excluding hydrogens is 325 g/mol. The number of hydrogen-bond donors (Lipinski definition) is 1. The molecule has 1 aromatic carbocycles. The molecule has 9 heteroatoms. The fraction of sp³-hybridized carbons (Fsp3) is 0.143. The number of aryl methyl sites for hydroxylation is 1. The number of nitrogens with one attached hydrogen (secondary N) is 1. The van der Waals surface area contributed by atoms with Crippen molar-refractivity contribution in [3.05, 3.63) is 51.9 Å². The van der Waals surface area contributed by atoms with Crippen LogP contribution in [0, 0.1) is 5.82 Å². The Kier molecular flexibility index (Phi) is 3.83. The van der Waals surface area contributed by atoms with Gasteiger partial charge in [-0.3, -0.25) is 18.8 Å². The lowest BCUT2D eigenvalue weighted by molar-refractivity contribution is -0.116. The fourth-order valence-corrected chi connectivity index (χ4v) is 2.33. The zero-order chi connectivity index (χ0) is 16.6. The van der Waals surface area contributed by atoms with E-state index in [0.29, 0.717) is 11.0 Å². The van der Waals surface area contributed by atoms with E-state index < -0.39 is 11.7 Å². The van der Waals surface area contributed by atoms with Crippen molar-refractivity contribution in [2.45, 2.75) is 6.54 Å². The van der Waals surface area contributed by atoms with Crippen molar-refractivity contribution in [3.8, 4) is 0 Å². The molecule has 0 fully saturated rings. The molecule has 3 aromatic rings. The average Bonchev–Trinajstić information content (AvgIpc) is 2.87. The lowest BCUT2D eigenvalue weighted by Gasteiger charge is -2.08. The SMILES string of the molecule is Cn1ncc2c(=O)n(CC(=O)Nc3ccc(F)cc3Cl)cnc21. The normalized spacial score (nSPS) is 10.9. The number of carbonyl (C=O) groups is 1. The van der Waals surface area contributed by atoms with Crippen LogP contribution in [0.1, 0.15) is 0 Å². The summed E-state index contributed by atoms with van der Waals surface area (Å²) in [5.41, 5.74) is 0.332. The highest BCUT2D eigenvalue weighted by Gasteiger charge is 2.12. The summed E-state index contributed by atoms with van der Waals surface area (Å²) in [5, 5.41) is 6.87. The molecule has 0 bridgehead atoms. The van der Waals surface area contributed by atoms with Crippen LogP contribution in [0.25, 0.3) is 11.0 Å². The van der Waals surface area contributed by atoms with Crippen LogP contribution < -0.4 is 10.9 Å². The van der Waals surface area contributed by atoms with E-state index >= 15 is 0 Å². The first-order valence-corrected chi connectivity index (χ1v) is 6.95. The van der Waals surface area contributed by atoms with Gasteiger partial charge in [-0.1, -0.05) is 11.6 Å². The summed E-state index contributed by atoms with van der Waals surface area (Å²) >= 11 is 5.84. The number of fused-ring (bicyclic) bond motifs is 1. The van der Waals surface area contributed by atoms with Gasteiger partial charge in [0.25, 0.3) is 5.56 Å². The first-order chi connectivity index (χ1) is 11.0. The summed E-state index contributed by atoms with van der Waals surface area (Å²) < 4.78 is 15.6. The molecule has 0 aliphatic rings. The van der Waals surface area contributed by atoms with Crippen molar-refractivity contribution in [2.24, 2.45) is 7.05 Å². The molecule has 2 heterocycles. The van der Waals surface area contributed by atoms with Crippen LogP contribution >= 0.6 is 11.6 Å². The lowest BCUT2D eigenvalue weighted by Crippen LogP contribution is -2.27. The fourth-order valence-electron chi connectivity index (χ4n) is 2.11. The van der Waals surface area contributed by atoms with Gasteiger partial charge in [0.1, 0.15) is 24.1 Å². The van der Waals surface area contributed by atoms with E-state index in [2.05, 4.69) is 15.4 Å². The Hall–Kier alpha value is -2.74. The molecule has 0 atom stereocenters. The summed E-state index contributed by atoms with van der Waals surface area (Å²) in [6.45, 7) is -0.246. The third-order valence-electron chi connectivity index (χ3n) is 3.24. The first kappa shape index (κ1) is 15.2. The van der Waals surface area contributed by atoms with E-state index in [1.165, 1.54) is 29.3 Å². The highest BCUT2D eigenvalue weighted by Crippen LogP contribution is 2.22. The molecule has 3 rings (SSSR count). The van der Waals surface area contributed by atoms with Crippen molar-refractivity contribution in [2.75, 3.05) is 5.32 Å². The van der Waals surface area contributed by atoms with Crippen molar-refractivity contribution < 1.29 is 9.18 Å². The summed E-state index contributed by atoms with van der Waals surface area (Å²) in [5.74, 6) is -0.985. The summed E-state index contributed by atoms with van der Waals surface area (Å²) in [6.07, 6.45) is 2.67. The maximum absolute atomic E-state index is 13.0. The molecule has 1 amide bonds. The summed E-state index contributed by atoms with van der Waals surface area (Å²) in [7, 11) is 1.67. The van der Waals surface area contributed by atoms with Gasteiger partial charge in [0.2, 0.25) is 5.91 Å². The zero-order valence-corrected chi connectivity index (χ0v) is 12.7. The molecule has 0 saturated heterocycles. The predicted octanol–water partition coefficient (Wildman–Crippen LogP) is 1.56. The third-order valence-corrected chi connectivity index (χ3v) is 3.55. The van der Waals surface area contributed by atoms with Crippen LogP contribution in [-0.4, -0.2) is 25.2 Å². The minimum absolute atomic E-state index is 0.0755. The summed E-state index contributed by atoms with van der Waals surface area (Å²) in [4.78, 5) is 28.4. The van der Waals surface area contributed by atoms with Gasteiger partial charge in [0, 0.05) is 7.05 Å². The van der Waals surface area contributed by atoms with Crippen LogP contribution in [0.5, 0.6) is 0 Å². The Morgan fingerprint density at radius 1 is 1.43 bits per heavy atom. The molecule has 0 saturated carbocycles. The van der Waals surface area contributed by atoms with Crippen LogP contribution in [-0.2, 0) is 18.4 Å². The number of amides is 1. The maximum Gasteiger partial charge on any atom is 0.264 e. The quantitative estimate of drug-likeness (QED) is 0.787. The van der Waals surface area contributed by atoms with Crippen molar-refractivity contribution in [1.29, 1.82) is 0 Å². The molecule has 7 nitrogen and oxygen atoms in total. The highest BCUT2D eigenvalue weighted by atomic mass is 35.5. The molecular formula is C14H11ClFN5O2. The van der Waals surface area contributed by atoms with Gasteiger partial charge >= 0.3 is 0 Å². The highest BCUT2D eigenvalue weighted by molar-refractivity contribution is 6.33. The van der Waals surface area contributed by atoms with Gasteiger partial charge in [-0.05, 0) is 18.2 Å². The van der Waals surface area contributed by atoms with Gasteiger partial charge in [-0.25, -0.2) is 9.37 Å². The standard InChI is InChI=1S/C14H11ClFN5O2/c1-20-13-9(5-18-20)14(23)21(7-17-13)6-12(22)19-11-3-2-8(16)4-10(11)15/h2-5,7H,6H2,1H3,(H,19,22). The van der Waals surface area contributed by atoms with Gasteiger partial charge in [0.05, 0.1) is 16.9 Å². The smallest absolute Gasteiger partial charge is 0.264 e. The number of aromatic nitrogens is 4. The zero-order valence-electron chi connectivity index (χ0n) is 12.0. The van der Waals surface area contributed by atoms with Gasteiger partial charge < -0.3 is 5.32 Å². The molecule has 0 aliphatic heterocycles. The van der Waals surface area contributed by atoms with E-state index in [4.69, 9.17) is 11.6 Å². The molecule has 118 valence electrons. The molecule has 1 N–H and O–H groups in total. The number of benzene rings is 1. The second kappa shape index (κ2) is 5.81. The molecule has 2 aromatic heterocycles. The second-order valence-electron chi connectivity index (χ2n) is 4.86. The van der Waals surface area contributed by atoms with Crippen LogP contribution in [0.2, 0.25) is 5.02 Å². The minimum Gasteiger partial charge on any atom is -0.323 e. The van der Waals surface area contributed by atoms with E-state index in [9.17, 15) is 14.0 Å². The van der Waals surface area contributed by atoms with Crippen molar-refractivity contribution in [1.82, 2.24) is 19.3 Å². The Morgan fingerprint density at radius 3 is 2.96 bits per heavy atom. The summed E-state index contributed by atoms with van der Waals surface area (Å²) in [6, 6.07) is 3.62. The largest absolute Gasteiger partial charge is 0.323 e. The van der Waals surface area contributed by atoms with Gasteiger partial charge in [0.15, 0.2) is 5.65 Å². The number of hydrogen-bond acceptors (Lipinski definition) is 4. The van der Waals surface area contributed by atoms with E-state index in [1.54, 1.807) is 7.05 Å². The molecule has 0 radical (unpaired) electrons. The van der Waals surface area contributed by atoms with Crippen molar-refractivity contribution >= 4 is 34.2 Å². The monoisotopic (exact) mass is 335 g/mol. The molecule has 0 spiro atoms. The minimum atomic E-state index is -0.504. The van der Waals surface area contributed by atoms with Crippen LogP contribution in [0.15, 0.2) is 35.5 Å². The first-order valence-electron chi connectivity index (χ1n) is 6.58.